The summed E-state index contributed by atoms with van der Waals surface area (Å²) in [6.07, 6.45) is 9.75. The Bertz CT molecular complexity index is 1420. The molecule has 1 unspecified atom stereocenters. The maximum atomic E-state index is 13.0. The number of benzene rings is 1. The van der Waals surface area contributed by atoms with Crippen molar-refractivity contribution in [2.45, 2.75) is 58.4 Å². The van der Waals surface area contributed by atoms with Crippen LogP contribution in [0.15, 0.2) is 36.9 Å². The minimum atomic E-state index is -0.518. The van der Waals surface area contributed by atoms with E-state index in [4.69, 9.17) is 4.98 Å². The lowest BCUT2D eigenvalue weighted by Gasteiger charge is -2.33. The fourth-order valence-electron chi connectivity index (χ4n) is 5.29. The molecular formula is C26H27N7O. The van der Waals surface area contributed by atoms with E-state index >= 15 is 0 Å². The third kappa shape index (κ3) is 3.12. The summed E-state index contributed by atoms with van der Waals surface area (Å²) in [4.78, 5) is 35.8. The first-order valence-corrected chi connectivity index (χ1v) is 11.9. The van der Waals surface area contributed by atoms with E-state index in [9.17, 15) is 4.79 Å². The van der Waals surface area contributed by atoms with E-state index in [0.29, 0.717) is 12.5 Å². The van der Waals surface area contributed by atoms with Crippen molar-refractivity contribution < 1.29 is 4.79 Å². The second-order valence-electron chi connectivity index (χ2n) is 9.64. The maximum absolute atomic E-state index is 13.0. The van der Waals surface area contributed by atoms with Gasteiger partial charge in [0.2, 0.25) is 5.91 Å². The summed E-state index contributed by atoms with van der Waals surface area (Å²) in [5.74, 6) is 2.20. The number of amides is 1. The van der Waals surface area contributed by atoms with Gasteiger partial charge in [0, 0.05) is 30.2 Å². The van der Waals surface area contributed by atoms with Crippen LogP contribution < -0.4 is 5.32 Å². The highest BCUT2D eigenvalue weighted by Gasteiger charge is 2.45. The van der Waals surface area contributed by atoms with Crippen molar-refractivity contribution in [3.05, 3.63) is 48.3 Å². The standard InChI is InChI=1S/C26H27N7O/c1-4-33-23(18-12-27-15(2)28-13-18)32-22-21(29-14-30-24(22)33)17-8-9-20-19(10-17)26(3,25(34)31-20)11-16-6-5-7-16/h8-10,12-14,16H,4-7,11H2,1-3H3,(H,31,34). The summed E-state index contributed by atoms with van der Waals surface area (Å²) < 4.78 is 2.06. The molecule has 1 aliphatic heterocycles. The summed E-state index contributed by atoms with van der Waals surface area (Å²) in [7, 11) is 0. The highest BCUT2D eigenvalue weighted by atomic mass is 16.2. The van der Waals surface area contributed by atoms with Crippen LogP contribution in [0.25, 0.3) is 33.8 Å². The number of hydrogen-bond acceptors (Lipinski definition) is 6. The van der Waals surface area contributed by atoms with Crippen molar-refractivity contribution in [2.24, 2.45) is 5.92 Å². The predicted molar refractivity (Wildman–Crippen MR) is 130 cm³/mol. The van der Waals surface area contributed by atoms with Crippen LogP contribution in [-0.2, 0) is 16.8 Å². The van der Waals surface area contributed by atoms with Crippen molar-refractivity contribution in [3.63, 3.8) is 0 Å². The first-order valence-electron chi connectivity index (χ1n) is 11.9. The third-order valence-corrected chi connectivity index (χ3v) is 7.45. The van der Waals surface area contributed by atoms with Gasteiger partial charge in [-0.15, -0.1) is 0 Å². The van der Waals surface area contributed by atoms with Gasteiger partial charge in [0.15, 0.2) is 5.65 Å². The van der Waals surface area contributed by atoms with Gasteiger partial charge in [0.25, 0.3) is 0 Å². The number of imidazole rings is 1. The zero-order valence-corrected chi connectivity index (χ0v) is 19.7. The Morgan fingerprint density at radius 2 is 1.91 bits per heavy atom. The molecule has 2 aliphatic rings. The molecule has 1 aliphatic carbocycles. The lowest BCUT2D eigenvalue weighted by Crippen LogP contribution is -2.35. The molecule has 6 rings (SSSR count). The van der Waals surface area contributed by atoms with Gasteiger partial charge >= 0.3 is 0 Å². The molecule has 1 aromatic carbocycles. The van der Waals surface area contributed by atoms with E-state index < -0.39 is 5.41 Å². The molecule has 1 atom stereocenters. The number of carbonyl (C=O) groups is 1. The van der Waals surface area contributed by atoms with Crippen molar-refractivity contribution >= 4 is 22.8 Å². The van der Waals surface area contributed by atoms with Crippen molar-refractivity contribution in [1.29, 1.82) is 0 Å². The van der Waals surface area contributed by atoms with Crippen LogP contribution in [0.2, 0.25) is 0 Å². The van der Waals surface area contributed by atoms with Gasteiger partial charge in [-0.1, -0.05) is 25.3 Å². The normalized spacial score (nSPS) is 19.8. The van der Waals surface area contributed by atoms with Gasteiger partial charge < -0.3 is 9.88 Å². The predicted octanol–water partition coefficient (Wildman–Crippen LogP) is 4.68. The van der Waals surface area contributed by atoms with Crippen molar-refractivity contribution in [2.75, 3.05) is 5.32 Å². The summed E-state index contributed by atoms with van der Waals surface area (Å²) in [5.41, 5.74) is 5.49. The summed E-state index contributed by atoms with van der Waals surface area (Å²) in [6.45, 7) is 6.72. The van der Waals surface area contributed by atoms with Gasteiger partial charge in [-0.05, 0) is 50.8 Å². The molecular weight excluding hydrogens is 426 g/mol. The number of carbonyl (C=O) groups excluding carboxylic acids is 1. The highest BCUT2D eigenvalue weighted by Crippen LogP contribution is 2.47. The largest absolute Gasteiger partial charge is 0.325 e. The molecule has 8 nitrogen and oxygen atoms in total. The summed E-state index contributed by atoms with van der Waals surface area (Å²) >= 11 is 0. The monoisotopic (exact) mass is 453 g/mol. The van der Waals surface area contributed by atoms with Crippen LogP contribution in [0.5, 0.6) is 0 Å². The molecule has 3 aromatic heterocycles. The zero-order chi connectivity index (χ0) is 23.4. The number of nitrogens with one attached hydrogen (secondary N) is 1. The van der Waals surface area contributed by atoms with E-state index in [-0.39, 0.29) is 5.91 Å². The maximum Gasteiger partial charge on any atom is 0.234 e. The van der Waals surface area contributed by atoms with Crippen LogP contribution in [0.3, 0.4) is 0 Å². The molecule has 172 valence electrons. The van der Waals surface area contributed by atoms with Crippen LogP contribution >= 0.6 is 0 Å². The van der Waals surface area contributed by atoms with E-state index in [1.807, 2.05) is 19.1 Å². The van der Waals surface area contributed by atoms with E-state index in [1.165, 1.54) is 19.3 Å². The minimum Gasteiger partial charge on any atom is -0.325 e. The third-order valence-electron chi connectivity index (χ3n) is 7.45. The van der Waals surface area contributed by atoms with Gasteiger partial charge in [-0.3, -0.25) is 4.79 Å². The Kier molecular flexibility index (Phi) is 4.72. The molecule has 34 heavy (non-hydrogen) atoms. The Labute approximate surface area is 197 Å². The number of aryl methyl sites for hydroxylation is 2. The van der Waals surface area contributed by atoms with Crippen molar-refractivity contribution in [1.82, 2.24) is 29.5 Å². The number of nitrogens with zero attached hydrogens (tertiary/aromatic N) is 6. The van der Waals surface area contributed by atoms with Gasteiger partial charge in [0.05, 0.1) is 11.0 Å². The number of fused-ring (bicyclic) bond motifs is 2. The minimum absolute atomic E-state index is 0.0938. The Hall–Kier alpha value is -3.68. The Morgan fingerprint density at radius 1 is 1.12 bits per heavy atom. The number of hydrogen-bond donors (Lipinski definition) is 1. The van der Waals surface area contributed by atoms with Crippen molar-refractivity contribution in [3.8, 4) is 22.6 Å². The number of anilines is 1. The molecule has 1 N–H and O–H groups in total. The van der Waals surface area contributed by atoms with E-state index in [1.54, 1.807) is 18.7 Å². The fourth-order valence-corrected chi connectivity index (χ4v) is 5.29. The molecule has 1 fully saturated rings. The van der Waals surface area contributed by atoms with Crippen LogP contribution in [0.1, 0.15) is 50.9 Å². The van der Waals surface area contributed by atoms with Gasteiger partial charge in [-0.25, -0.2) is 24.9 Å². The molecule has 0 bridgehead atoms. The molecule has 4 aromatic rings. The first kappa shape index (κ1) is 20.9. The SMILES string of the molecule is CCn1c(-c2cnc(C)nc2)nc2c(-c3ccc4c(c3)C(C)(CC3CCC3)C(=O)N4)ncnc21. The van der Waals surface area contributed by atoms with Crippen LogP contribution in [0, 0.1) is 12.8 Å². The molecule has 0 spiro atoms. The van der Waals surface area contributed by atoms with Crippen LogP contribution in [0.4, 0.5) is 5.69 Å². The Balaban J connectivity index is 1.48. The molecule has 4 heterocycles. The van der Waals surface area contributed by atoms with Gasteiger partial charge in [0.1, 0.15) is 29.2 Å². The van der Waals surface area contributed by atoms with Crippen LogP contribution in [-0.4, -0.2) is 35.4 Å². The topological polar surface area (TPSA) is 98.5 Å². The molecule has 1 amide bonds. The zero-order valence-electron chi connectivity index (χ0n) is 19.7. The molecule has 0 radical (unpaired) electrons. The fraction of sp³-hybridized carbons (Fsp3) is 0.385. The van der Waals surface area contributed by atoms with E-state index in [0.717, 1.165) is 57.3 Å². The first-order chi connectivity index (χ1) is 16.5. The number of rotatable bonds is 5. The second-order valence-corrected chi connectivity index (χ2v) is 9.64. The molecule has 8 heteroatoms. The van der Waals surface area contributed by atoms with Gasteiger partial charge in [-0.2, -0.15) is 0 Å². The second kappa shape index (κ2) is 7.68. The molecule has 0 saturated heterocycles. The summed E-state index contributed by atoms with van der Waals surface area (Å²) in [5, 5.41) is 3.10. The smallest absolute Gasteiger partial charge is 0.234 e. The lowest BCUT2D eigenvalue weighted by atomic mass is 9.70. The average Bonchev–Trinajstić information content (AvgIpc) is 3.31. The lowest BCUT2D eigenvalue weighted by molar-refractivity contribution is -0.121. The summed E-state index contributed by atoms with van der Waals surface area (Å²) in [6, 6.07) is 6.12. The number of aromatic nitrogens is 6. The Morgan fingerprint density at radius 3 is 2.62 bits per heavy atom. The van der Waals surface area contributed by atoms with E-state index in [2.05, 4.69) is 49.7 Å². The average molecular weight is 454 g/mol. The quantitative estimate of drug-likeness (QED) is 0.471. The highest BCUT2D eigenvalue weighted by molar-refractivity contribution is 6.06. The molecule has 1 saturated carbocycles.